The second-order valence-corrected chi connectivity index (χ2v) is 3.53. The van der Waals surface area contributed by atoms with Crippen molar-refractivity contribution in [3.05, 3.63) is 42.4 Å². The number of nitrogens with one attached hydrogen (secondary N) is 1. The molecule has 0 unspecified atom stereocenters. The van der Waals surface area contributed by atoms with Gasteiger partial charge < -0.3 is 10.1 Å². The second kappa shape index (κ2) is 5.44. The van der Waals surface area contributed by atoms with E-state index in [1.807, 2.05) is 0 Å². The number of anilines is 2. The minimum atomic E-state index is -4.81. The van der Waals surface area contributed by atoms with Gasteiger partial charge in [-0.2, -0.15) is 5.26 Å². The molecule has 0 aliphatic carbocycles. The van der Waals surface area contributed by atoms with Crippen LogP contribution in [0.2, 0.25) is 0 Å². The maximum absolute atomic E-state index is 12.3. The third-order valence-electron chi connectivity index (χ3n) is 2.17. The molecule has 0 radical (unpaired) electrons. The third-order valence-corrected chi connectivity index (χ3v) is 2.17. The normalized spacial score (nSPS) is 10.7. The molecule has 8 heteroatoms. The molecule has 1 aromatic carbocycles. The molecule has 0 saturated carbocycles. The van der Waals surface area contributed by atoms with E-state index in [0.717, 1.165) is 6.07 Å². The lowest BCUT2D eigenvalue weighted by atomic mass is 10.3. The quantitative estimate of drug-likeness (QED) is 0.935. The van der Waals surface area contributed by atoms with Crippen LogP contribution in [0.5, 0.6) is 5.75 Å². The summed E-state index contributed by atoms with van der Waals surface area (Å²) in [7, 11) is 0. The number of nitriles is 1. The number of aromatic nitrogens is 2. The highest BCUT2D eigenvalue weighted by molar-refractivity contribution is 5.66. The molecule has 2 rings (SSSR count). The number of ether oxygens (including phenoxy) is 1. The minimum Gasteiger partial charge on any atom is -0.404 e. The SMILES string of the molecule is N#Cc1nccnc1Nc1ccccc1OC(F)(F)F. The van der Waals surface area contributed by atoms with Crippen LogP contribution in [0.15, 0.2) is 36.7 Å². The number of halogens is 3. The van der Waals surface area contributed by atoms with Gasteiger partial charge in [0.25, 0.3) is 0 Å². The van der Waals surface area contributed by atoms with Crippen LogP contribution in [0.4, 0.5) is 24.7 Å². The molecule has 1 aromatic heterocycles. The number of para-hydroxylation sites is 2. The van der Waals surface area contributed by atoms with Gasteiger partial charge in [0.2, 0.25) is 0 Å². The van der Waals surface area contributed by atoms with E-state index in [0.29, 0.717) is 0 Å². The molecular weight excluding hydrogens is 273 g/mol. The predicted octanol–water partition coefficient (Wildman–Crippen LogP) is 2.99. The Hall–Kier alpha value is -2.82. The van der Waals surface area contributed by atoms with Gasteiger partial charge in [-0.15, -0.1) is 13.2 Å². The first-order valence-electron chi connectivity index (χ1n) is 5.32. The van der Waals surface area contributed by atoms with Crippen LogP contribution in [0.25, 0.3) is 0 Å². The summed E-state index contributed by atoms with van der Waals surface area (Å²) in [6.07, 6.45) is -2.18. The Bertz CT molecular complexity index is 652. The fraction of sp³-hybridized carbons (Fsp3) is 0.0833. The summed E-state index contributed by atoms with van der Waals surface area (Å²) in [6.45, 7) is 0. The molecular formula is C12H7F3N4O. The zero-order chi connectivity index (χ0) is 14.6. The van der Waals surface area contributed by atoms with E-state index >= 15 is 0 Å². The lowest BCUT2D eigenvalue weighted by molar-refractivity contribution is -0.274. The highest BCUT2D eigenvalue weighted by Gasteiger charge is 2.32. The molecule has 20 heavy (non-hydrogen) atoms. The zero-order valence-corrected chi connectivity index (χ0v) is 9.85. The molecule has 0 spiro atoms. The van der Waals surface area contributed by atoms with E-state index in [9.17, 15) is 13.2 Å². The fourth-order valence-electron chi connectivity index (χ4n) is 1.42. The van der Waals surface area contributed by atoms with E-state index in [1.54, 1.807) is 6.07 Å². The molecule has 0 aliphatic rings. The summed E-state index contributed by atoms with van der Waals surface area (Å²) in [5.41, 5.74) is -0.00358. The van der Waals surface area contributed by atoms with Gasteiger partial charge in [-0.25, -0.2) is 9.97 Å². The van der Waals surface area contributed by atoms with Gasteiger partial charge in [0.1, 0.15) is 6.07 Å². The average Bonchev–Trinajstić information content (AvgIpc) is 2.40. The first-order valence-corrected chi connectivity index (χ1v) is 5.32. The maximum Gasteiger partial charge on any atom is 0.573 e. The number of hydrogen-bond acceptors (Lipinski definition) is 5. The van der Waals surface area contributed by atoms with Gasteiger partial charge in [0.15, 0.2) is 17.3 Å². The molecule has 5 nitrogen and oxygen atoms in total. The van der Waals surface area contributed by atoms with Crippen LogP contribution < -0.4 is 10.1 Å². The molecule has 0 fully saturated rings. The van der Waals surface area contributed by atoms with Crippen LogP contribution in [0.3, 0.4) is 0 Å². The van der Waals surface area contributed by atoms with Gasteiger partial charge in [0, 0.05) is 12.4 Å². The number of rotatable bonds is 3. The van der Waals surface area contributed by atoms with Crippen LogP contribution >= 0.6 is 0 Å². The van der Waals surface area contributed by atoms with Gasteiger partial charge >= 0.3 is 6.36 Å². The predicted molar refractivity (Wildman–Crippen MR) is 63.2 cm³/mol. The lowest BCUT2D eigenvalue weighted by Crippen LogP contribution is -2.18. The van der Waals surface area contributed by atoms with Crippen molar-refractivity contribution in [1.82, 2.24) is 9.97 Å². The summed E-state index contributed by atoms with van der Waals surface area (Å²) in [5, 5.41) is 11.4. The third kappa shape index (κ3) is 3.35. The Labute approximate surface area is 111 Å². The standard InChI is InChI=1S/C12H7F3N4O/c13-12(14,15)20-10-4-2-1-3-8(10)19-11-9(7-16)17-5-6-18-11/h1-6H,(H,18,19). The molecule has 0 bridgehead atoms. The highest BCUT2D eigenvalue weighted by Crippen LogP contribution is 2.31. The van der Waals surface area contributed by atoms with Gasteiger partial charge in [-0.3, -0.25) is 0 Å². The molecule has 0 atom stereocenters. The Morgan fingerprint density at radius 1 is 1.15 bits per heavy atom. The summed E-state index contributed by atoms with van der Waals surface area (Å²) in [4.78, 5) is 7.60. The Kier molecular flexibility index (Phi) is 3.70. The van der Waals surface area contributed by atoms with E-state index < -0.39 is 12.1 Å². The second-order valence-electron chi connectivity index (χ2n) is 3.53. The van der Waals surface area contributed by atoms with Crippen molar-refractivity contribution in [1.29, 1.82) is 5.26 Å². The molecule has 102 valence electrons. The van der Waals surface area contributed by atoms with Crippen LogP contribution in [-0.4, -0.2) is 16.3 Å². The number of alkyl halides is 3. The van der Waals surface area contributed by atoms with E-state index in [1.165, 1.54) is 30.6 Å². The zero-order valence-electron chi connectivity index (χ0n) is 9.85. The lowest BCUT2D eigenvalue weighted by Gasteiger charge is -2.14. The fourth-order valence-corrected chi connectivity index (χ4v) is 1.42. The van der Waals surface area contributed by atoms with Crippen molar-refractivity contribution in [3.8, 4) is 11.8 Å². The topological polar surface area (TPSA) is 70.8 Å². The van der Waals surface area contributed by atoms with Crippen molar-refractivity contribution in [3.63, 3.8) is 0 Å². The van der Waals surface area contributed by atoms with Gasteiger partial charge in [0.05, 0.1) is 5.69 Å². The van der Waals surface area contributed by atoms with Gasteiger partial charge in [-0.1, -0.05) is 12.1 Å². The minimum absolute atomic E-state index is 0.0295. The monoisotopic (exact) mass is 280 g/mol. The first-order chi connectivity index (χ1) is 9.49. The summed E-state index contributed by atoms with van der Waals surface area (Å²) < 4.78 is 40.7. The Morgan fingerprint density at radius 3 is 2.55 bits per heavy atom. The average molecular weight is 280 g/mol. The van der Waals surface area contributed by atoms with Crippen LogP contribution in [0, 0.1) is 11.3 Å². The van der Waals surface area contributed by atoms with Crippen molar-refractivity contribution in [2.24, 2.45) is 0 Å². The molecule has 1 N–H and O–H groups in total. The molecule has 0 aliphatic heterocycles. The maximum atomic E-state index is 12.3. The van der Waals surface area contributed by atoms with E-state index in [2.05, 4.69) is 20.0 Å². The van der Waals surface area contributed by atoms with E-state index in [-0.39, 0.29) is 17.2 Å². The summed E-state index contributed by atoms with van der Waals surface area (Å²) in [5.74, 6) is -0.372. The molecule has 0 amide bonds. The molecule has 0 saturated heterocycles. The summed E-state index contributed by atoms with van der Waals surface area (Å²) in [6, 6.07) is 7.23. The first kappa shape index (κ1) is 13.6. The molecule has 1 heterocycles. The number of nitrogens with zero attached hydrogens (tertiary/aromatic N) is 3. The van der Waals surface area contributed by atoms with Gasteiger partial charge in [-0.05, 0) is 12.1 Å². The Balaban J connectivity index is 2.32. The number of hydrogen-bond donors (Lipinski definition) is 1. The van der Waals surface area contributed by atoms with Crippen molar-refractivity contribution < 1.29 is 17.9 Å². The smallest absolute Gasteiger partial charge is 0.404 e. The largest absolute Gasteiger partial charge is 0.573 e. The Morgan fingerprint density at radius 2 is 1.85 bits per heavy atom. The van der Waals surface area contributed by atoms with Crippen LogP contribution in [0.1, 0.15) is 5.69 Å². The summed E-state index contributed by atoms with van der Waals surface area (Å²) >= 11 is 0. The van der Waals surface area contributed by atoms with Crippen molar-refractivity contribution in [2.45, 2.75) is 6.36 Å². The van der Waals surface area contributed by atoms with Crippen molar-refractivity contribution in [2.75, 3.05) is 5.32 Å². The number of benzene rings is 1. The van der Waals surface area contributed by atoms with E-state index in [4.69, 9.17) is 5.26 Å². The van der Waals surface area contributed by atoms with Crippen molar-refractivity contribution >= 4 is 11.5 Å². The highest BCUT2D eigenvalue weighted by atomic mass is 19.4. The molecule has 2 aromatic rings. The van der Waals surface area contributed by atoms with Crippen LogP contribution in [-0.2, 0) is 0 Å².